The van der Waals surface area contributed by atoms with Crippen LogP contribution in [0.25, 0.3) is 10.9 Å². The number of amides is 1. The van der Waals surface area contributed by atoms with Gasteiger partial charge in [-0.2, -0.15) is 0 Å². The van der Waals surface area contributed by atoms with Gasteiger partial charge in [0.1, 0.15) is 0 Å². The van der Waals surface area contributed by atoms with Gasteiger partial charge < -0.3 is 10.1 Å². The Bertz CT molecular complexity index is 1090. The molecule has 0 radical (unpaired) electrons. The third-order valence-corrected chi connectivity index (χ3v) is 7.14. The van der Waals surface area contributed by atoms with Crippen molar-refractivity contribution in [1.29, 1.82) is 0 Å². The Kier molecular flexibility index (Phi) is 4.86. The van der Waals surface area contributed by atoms with Gasteiger partial charge >= 0.3 is 0 Å². The summed E-state index contributed by atoms with van der Waals surface area (Å²) in [6.07, 6.45) is 9.11. The molecule has 0 bridgehead atoms. The number of carbonyl (C=O) groups excluding carboxylic acids is 1. The lowest BCUT2D eigenvalue weighted by atomic mass is 9.75. The zero-order valence-corrected chi connectivity index (χ0v) is 17.7. The van der Waals surface area contributed by atoms with E-state index in [9.17, 15) is 4.79 Å². The standard InChI is InChI=1S/C24H24ClN3O2/c1-30-22-12-21-19(14-27-22)18(8-11-26-21)15-6-9-24(10-7-15)13-20(24)23(29)28-17-4-2-16(25)3-5-17/h2-5,8,11-12,14-15,20H,6-7,9-10,13H2,1H3,(H,28,29)/t15?,20-,24?/m1/s1. The molecule has 1 spiro atoms. The summed E-state index contributed by atoms with van der Waals surface area (Å²) in [5, 5.41) is 4.83. The predicted molar refractivity (Wildman–Crippen MR) is 118 cm³/mol. The molecule has 0 aliphatic heterocycles. The highest BCUT2D eigenvalue weighted by Gasteiger charge is 2.58. The van der Waals surface area contributed by atoms with Crippen LogP contribution in [0.5, 0.6) is 5.88 Å². The van der Waals surface area contributed by atoms with Crippen LogP contribution in [0, 0.1) is 11.3 Å². The van der Waals surface area contributed by atoms with Crippen LogP contribution >= 0.6 is 11.6 Å². The van der Waals surface area contributed by atoms with Gasteiger partial charge in [-0.1, -0.05) is 11.6 Å². The molecule has 154 valence electrons. The van der Waals surface area contributed by atoms with Gasteiger partial charge in [0.15, 0.2) is 0 Å². The number of halogens is 1. The summed E-state index contributed by atoms with van der Waals surface area (Å²) in [6, 6.07) is 11.3. The molecule has 0 unspecified atom stereocenters. The molecular weight excluding hydrogens is 398 g/mol. The summed E-state index contributed by atoms with van der Waals surface area (Å²) in [7, 11) is 1.62. The molecule has 30 heavy (non-hydrogen) atoms. The molecule has 1 aromatic carbocycles. The summed E-state index contributed by atoms with van der Waals surface area (Å²) in [4.78, 5) is 21.6. The summed E-state index contributed by atoms with van der Waals surface area (Å²) in [6.45, 7) is 0. The molecule has 1 atom stereocenters. The van der Waals surface area contributed by atoms with E-state index < -0.39 is 0 Å². The summed E-state index contributed by atoms with van der Waals surface area (Å²) >= 11 is 5.93. The van der Waals surface area contributed by atoms with Crippen LogP contribution in [0.4, 0.5) is 5.69 Å². The normalized spacial score (nSPS) is 25.3. The number of nitrogens with zero attached hydrogens (tertiary/aromatic N) is 2. The highest BCUT2D eigenvalue weighted by atomic mass is 35.5. The van der Waals surface area contributed by atoms with Crippen LogP contribution in [0.15, 0.2) is 48.8 Å². The minimum absolute atomic E-state index is 0.120. The molecule has 1 amide bonds. The van der Waals surface area contributed by atoms with Gasteiger partial charge in [0.2, 0.25) is 11.8 Å². The SMILES string of the molecule is COc1cc2nccc(C3CCC4(CC3)C[C@@H]4C(=O)Nc3ccc(Cl)cc3)c2cn1. The van der Waals surface area contributed by atoms with E-state index in [2.05, 4.69) is 21.4 Å². The number of carbonyl (C=O) groups is 1. The fourth-order valence-electron chi connectivity index (χ4n) is 5.05. The van der Waals surface area contributed by atoms with Crippen LogP contribution in [-0.4, -0.2) is 23.0 Å². The topological polar surface area (TPSA) is 64.1 Å². The van der Waals surface area contributed by atoms with Gasteiger partial charge in [-0.25, -0.2) is 4.98 Å². The average molecular weight is 422 g/mol. The van der Waals surface area contributed by atoms with Crippen LogP contribution in [0.1, 0.15) is 43.6 Å². The molecule has 5 rings (SSSR count). The Hall–Kier alpha value is -2.66. The van der Waals surface area contributed by atoms with Gasteiger partial charge in [-0.15, -0.1) is 0 Å². The largest absolute Gasteiger partial charge is 0.481 e. The van der Waals surface area contributed by atoms with Crippen molar-refractivity contribution in [2.75, 3.05) is 12.4 Å². The van der Waals surface area contributed by atoms with E-state index in [0.29, 0.717) is 16.8 Å². The molecule has 2 aliphatic rings. The number of rotatable bonds is 4. The maximum Gasteiger partial charge on any atom is 0.228 e. The number of methoxy groups -OCH3 is 1. The quantitative estimate of drug-likeness (QED) is 0.596. The smallest absolute Gasteiger partial charge is 0.228 e. The molecule has 0 saturated heterocycles. The Morgan fingerprint density at radius 1 is 1.17 bits per heavy atom. The first-order chi connectivity index (χ1) is 14.6. The number of anilines is 1. The fraction of sp³-hybridized carbons (Fsp3) is 0.375. The number of fused-ring (bicyclic) bond motifs is 1. The molecule has 5 nitrogen and oxygen atoms in total. The highest BCUT2D eigenvalue weighted by Crippen LogP contribution is 2.63. The van der Waals surface area contributed by atoms with Crippen LogP contribution < -0.4 is 10.1 Å². The van der Waals surface area contributed by atoms with Crippen molar-refractivity contribution < 1.29 is 9.53 Å². The van der Waals surface area contributed by atoms with Crippen molar-refractivity contribution in [3.63, 3.8) is 0 Å². The molecule has 2 heterocycles. The minimum atomic E-state index is 0.120. The molecule has 2 aliphatic carbocycles. The number of pyridine rings is 2. The monoisotopic (exact) mass is 421 g/mol. The lowest BCUT2D eigenvalue weighted by molar-refractivity contribution is -0.118. The van der Waals surface area contributed by atoms with Crippen molar-refractivity contribution in [3.8, 4) is 5.88 Å². The first kappa shape index (κ1) is 19.3. The Morgan fingerprint density at radius 3 is 2.67 bits per heavy atom. The van der Waals surface area contributed by atoms with Crippen LogP contribution in [0.2, 0.25) is 5.02 Å². The van der Waals surface area contributed by atoms with Crippen molar-refractivity contribution in [2.24, 2.45) is 11.3 Å². The van der Waals surface area contributed by atoms with E-state index in [1.165, 1.54) is 5.56 Å². The number of hydrogen-bond acceptors (Lipinski definition) is 4. The third-order valence-electron chi connectivity index (χ3n) is 6.88. The van der Waals surface area contributed by atoms with E-state index in [0.717, 1.165) is 48.7 Å². The molecule has 6 heteroatoms. The number of aromatic nitrogens is 2. The fourth-order valence-corrected chi connectivity index (χ4v) is 5.17. The van der Waals surface area contributed by atoms with E-state index in [-0.39, 0.29) is 17.2 Å². The zero-order valence-electron chi connectivity index (χ0n) is 16.9. The summed E-state index contributed by atoms with van der Waals surface area (Å²) in [5.74, 6) is 1.33. The highest BCUT2D eigenvalue weighted by molar-refractivity contribution is 6.30. The second-order valence-corrected chi connectivity index (χ2v) is 8.97. The molecule has 2 saturated carbocycles. The Labute approximate surface area is 180 Å². The van der Waals surface area contributed by atoms with E-state index in [1.54, 1.807) is 19.2 Å². The summed E-state index contributed by atoms with van der Waals surface area (Å²) in [5.41, 5.74) is 3.22. The van der Waals surface area contributed by atoms with Crippen molar-refractivity contribution in [1.82, 2.24) is 9.97 Å². The second-order valence-electron chi connectivity index (χ2n) is 8.53. The molecule has 3 aromatic rings. The maximum atomic E-state index is 12.7. The van der Waals surface area contributed by atoms with Crippen LogP contribution in [-0.2, 0) is 4.79 Å². The third kappa shape index (κ3) is 3.52. The van der Waals surface area contributed by atoms with Crippen molar-refractivity contribution in [2.45, 2.75) is 38.0 Å². The lowest BCUT2D eigenvalue weighted by Gasteiger charge is -2.30. The maximum absolute atomic E-state index is 12.7. The zero-order chi connectivity index (χ0) is 20.7. The Morgan fingerprint density at radius 2 is 1.93 bits per heavy atom. The van der Waals surface area contributed by atoms with E-state index in [1.807, 2.05) is 30.6 Å². The molecule has 1 N–H and O–H groups in total. The van der Waals surface area contributed by atoms with Crippen molar-refractivity contribution >= 4 is 34.1 Å². The minimum Gasteiger partial charge on any atom is -0.481 e. The number of benzene rings is 1. The number of ether oxygens (including phenoxy) is 1. The van der Waals surface area contributed by atoms with Crippen LogP contribution in [0.3, 0.4) is 0 Å². The molecule has 2 aromatic heterocycles. The predicted octanol–water partition coefficient (Wildman–Crippen LogP) is 5.59. The van der Waals surface area contributed by atoms with Gasteiger partial charge in [0.05, 0.1) is 12.6 Å². The van der Waals surface area contributed by atoms with Gasteiger partial charge in [0, 0.05) is 40.5 Å². The second kappa shape index (κ2) is 7.55. The molecular formula is C24H24ClN3O2. The summed E-state index contributed by atoms with van der Waals surface area (Å²) < 4.78 is 5.23. The number of nitrogens with one attached hydrogen (secondary N) is 1. The van der Waals surface area contributed by atoms with Gasteiger partial charge in [0.25, 0.3) is 0 Å². The first-order valence-electron chi connectivity index (χ1n) is 10.4. The Balaban J connectivity index is 1.25. The van der Waals surface area contributed by atoms with Crippen molar-refractivity contribution in [3.05, 3.63) is 59.4 Å². The lowest BCUT2D eigenvalue weighted by Crippen LogP contribution is -2.22. The van der Waals surface area contributed by atoms with Gasteiger partial charge in [-0.05, 0) is 79.3 Å². The average Bonchev–Trinajstić information content (AvgIpc) is 3.48. The molecule has 2 fully saturated rings. The van der Waals surface area contributed by atoms with E-state index in [4.69, 9.17) is 16.3 Å². The number of hydrogen-bond donors (Lipinski definition) is 1. The van der Waals surface area contributed by atoms with E-state index >= 15 is 0 Å². The van der Waals surface area contributed by atoms with Gasteiger partial charge in [-0.3, -0.25) is 9.78 Å². The first-order valence-corrected chi connectivity index (χ1v) is 10.8.